The Labute approximate surface area is 207 Å². The van der Waals surface area contributed by atoms with E-state index in [0.29, 0.717) is 16.9 Å². The molecule has 35 heavy (non-hydrogen) atoms. The number of halogens is 1. The highest BCUT2D eigenvalue weighted by molar-refractivity contribution is 6.74. The number of rotatable bonds is 7. The normalized spacial score (nSPS) is 18.1. The summed E-state index contributed by atoms with van der Waals surface area (Å²) < 4.78 is 20.0. The molecule has 0 spiro atoms. The predicted octanol–water partition coefficient (Wildman–Crippen LogP) is 6.59. The van der Waals surface area contributed by atoms with E-state index in [1.54, 1.807) is 35.2 Å². The average Bonchev–Trinajstić information content (AvgIpc) is 2.82. The summed E-state index contributed by atoms with van der Waals surface area (Å²) in [6.45, 7) is 11.0. The monoisotopic (exact) mass is 490 g/mol. The molecule has 3 aromatic carbocycles. The molecule has 1 fully saturated rings. The van der Waals surface area contributed by atoms with Crippen LogP contribution in [0.1, 0.15) is 42.7 Å². The Morgan fingerprint density at radius 2 is 1.60 bits per heavy atom. The van der Waals surface area contributed by atoms with Crippen molar-refractivity contribution in [3.63, 3.8) is 0 Å². The molecule has 1 N–H and O–H groups in total. The molecule has 5 nitrogen and oxygen atoms in total. The van der Waals surface area contributed by atoms with Crippen LogP contribution in [-0.2, 0) is 4.79 Å². The maximum absolute atomic E-state index is 13.5. The zero-order valence-corrected chi connectivity index (χ0v) is 21.7. The van der Waals surface area contributed by atoms with Gasteiger partial charge in [-0.25, -0.2) is 4.39 Å². The van der Waals surface area contributed by atoms with E-state index in [-0.39, 0.29) is 22.8 Å². The smallest absolute Gasteiger partial charge is 0.252 e. The minimum atomic E-state index is -1.99. The molecule has 2 atom stereocenters. The first kappa shape index (κ1) is 24.7. The second kappa shape index (κ2) is 9.30. The van der Waals surface area contributed by atoms with Gasteiger partial charge in [0.05, 0.1) is 6.04 Å². The maximum atomic E-state index is 13.5. The fraction of sp³-hybridized carbons (Fsp3) is 0.286. The molecular weight excluding hydrogens is 459 g/mol. The Bertz CT molecular complexity index is 1220. The number of benzene rings is 3. The first-order chi connectivity index (χ1) is 16.5. The minimum Gasteiger partial charge on any atom is -0.544 e. The number of para-hydroxylation sites is 1. The van der Waals surface area contributed by atoms with Gasteiger partial charge in [0.1, 0.15) is 17.6 Å². The second-order valence-corrected chi connectivity index (χ2v) is 15.1. The molecule has 7 heteroatoms. The van der Waals surface area contributed by atoms with E-state index in [0.717, 1.165) is 17.6 Å². The maximum Gasteiger partial charge on any atom is 0.252 e. The van der Waals surface area contributed by atoms with Gasteiger partial charge < -0.3 is 14.6 Å². The molecule has 1 saturated heterocycles. The minimum absolute atomic E-state index is 0.0758. The van der Waals surface area contributed by atoms with E-state index in [1.165, 1.54) is 12.1 Å². The topological polar surface area (TPSA) is 58.6 Å². The van der Waals surface area contributed by atoms with Crippen LogP contribution in [0.5, 0.6) is 5.75 Å². The van der Waals surface area contributed by atoms with Crippen molar-refractivity contribution < 1.29 is 18.4 Å². The molecule has 4 rings (SSSR count). The lowest BCUT2D eigenvalue weighted by Gasteiger charge is -2.48. The number of hydrogen-bond donors (Lipinski definition) is 1. The van der Waals surface area contributed by atoms with E-state index in [2.05, 4.69) is 39.2 Å². The van der Waals surface area contributed by atoms with Crippen molar-refractivity contribution in [2.24, 2.45) is 0 Å². The van der Waals surface area contributed by atoms with Crippen LogP contribution < -0.4 is 14.6 Å². The molecule has 1 aliphatic rings. The molecule has 0 aliphatic carbocycles. The SMILES string of the molecule is CC(C)(C)[Si](C)(C)Oc1ccc([C@@H]2[C@@H](Nc3ccccc3C=O)C(=O)N2c2ccc(F)cc2)cc1. The van der Waals surface area contributed by atoms with Gasteiger partial charge in [-0.15, -0.1) is 0 Å². The fourth-order valence-electron chi connectivity index (χ4n) is 3.94. The first-order valence-electron chi connectivity index (χ1n) is 11.7. The van der Waals surface area contributed by atoms with Crippen LogP contribution in [0, 0.1) is 5.82 Å². The van der Waals surface area contributed by atoms with E-state index in [9.17, 15) is 14.0 Å². The van der Waals surface area contributed by atoms with Crippen LogP contribution >= 0.6 is 0 Å². The third-order valence-corrected chi connectivity index (χ3v) is 11.4. The van der Waals surface area contributed by atoms with Gasteiger partial charge in [-0.1, -0.05) is 45.0 Å². The second-order valence-electron chi connectivity index (χ2n) is 10.4. The molecule has 1 heterocycles. The van der Waals surface area contributed by atoms with Crippen molar-refractivity contribution in [2.45, 2.75) is 51.0 Å². The Hall–Kier alpha value is -3.45. The van der Waals surface area contributed by atoms with Gasteiger partial charge in [0.25, 0.3) is 5.91 Å². The number of anilines is 2. The lowest BCUT2D eigenvalue weighted by atomic mass is 9.87. The zero-order chi connectivity index (χ0) is 25.4. The van der Waals surface area contributed by atoms with Gasteiger partial charge in [-0.05, 0) is 72.2 Å². The Morgan fingerprint density at radius 1 is 0.971 bits per heavy atom. The number of aldehydes is 1. The van der Waals surface area contributed by atoms with Crippen LogP contribution in [0.3, 0.4) is 0 Å². The van der Waals surface area contributed by atoms with Gasteiger partial charge in [0, 0.05) is 16.9 Å². The lowest BCUT2D eigenvalue weighted by Crippen LogP contribution is -2.62. The van der Waals surface area contributed by atoms with E-state index >= 15 is 0 Å². The third-order valence-electron chi connectivity index (χ3n) is 7.00. The summed E-state index contributed by atoms with van der Waals surface area (Å²) in [4.78, 5) is 26.4. The largest absolute Gasteiger partial charge is 0.544 e. The average molecular weight is 491 g/mol. The van der Waals surface area contributed by atoms with Crippen LogP contribution in [0.4, 0.5) is 15.8 Å². The van der Waals surface area contributed by atoms with Gasteiger partial charge >= 0.3 is 0 Å². The molecule has 0 aromatic heterocycles. The van der Waals surface area contributed by atoms with E-state index in [4.69, 9.17) is 4.43 Å². The Kier molecular flexibility index (Phi) is 6.55. The summed E-state index contributed by atoms with van der Waals surface area (Å²) in [6, 6.07) is 19.9. The highest BCUT2D eigenvalue weighted by atomic mass is 28.4. The van der Waals surface area contributed by atoms with Crippen LogP contribution in [0.15, 0.2) is 72.8 Å². The molecule has 3 aromatic rings. The first-order valence-corrected chi connectivity index (χ1v) is 14.6. The molecule has 1 aliphatic heterocycles. The quantitative estimate of drug-likeness (QED) is 0.231. The molecule has 182 valence electrons. The standard InChI is InChI=1S/C28H31FN2O3Si/c1-28(2,3)35(4,5)34-23-16-10-19(11-17-23)26-25(30-24-9-7-6-8-20(24)18-32)27(33)31(26)22-14-12-21(29)13-15-22/h6-18,25-26,30H,1-5H3/t25-,26-/m1/s1. The highest BCUT2D eigenvalue weighted by Crippen LogP contribution is 2.42. The van der Waals surface area contributed by atoms with Crippen LogP contribution in [0.2, 0.25) is 18.1 Å². The molecule has 0 radical (unpaired) electrons. The molecular formula is C28H31FN2O3Si. The number of nitrogens with zero attached hydrogens (tertiary/aromatic N) is 1. The summed E-state index contributed by atoms with van der Waals surface area (Å²) in [5.74, 6) is 0.291. The number of hydrogen-bond acceptors (Lipinski definition) is 4. The fourth-order valence-corrected chi connectivity index (χ4v) is 4.97. The zero-order valence-electron chi connectivity index (χ0n) is 20.7. The van der Waals surface area contributed by atoms with Crippen LogP contribution in [-0.4, -0.2) is 26.6 Å². The molecule has 1 amide bonds. The van der Waals surface area contributed by atoms with Crippen molar-refractivity contribution in [1.82, 2.24) is 0 Å². The Balaban J connectivity index is 1.66. The summed E-state index contributed by atoms with van der Waals surface area (Å²) >= 11 is 0. The van der Waals surface area contributed by atoms with Crippen molar-refractivity contribution in [1.29, 1.82) is 0 Å². The number of β-lactam (4-membered cyclic amide) rings is 1. The van der Waals surface area contributed by atoms with Gasteiger partial charge in [0.15, 0.2) is 6.29 Å². The van der Waals surface area contributed by atoms with Crippen molar-refractivity contribution in [2.75, 3.05) is 10.2 Å². The Morgan fingerprint density at radius 3 is 2.20 bits per heavy atom. The van der Waals surface area contributed by atoms with Gasteiger partial charge in [0.2, 0.25) is 8.32 Å². The number of carbonyl (C=O) groups is 2. The molecule has 0 unspecified atom stereocenters. The number of nitrogens with one attached hydrogen (secondary N) is 1. The van der Waals surface area contributed by atoms with Crippen molar-refractivity contribution in [3.05, 3.63) is 89.7 Å². The van der Waals surface area contributed by atoms with Crippen LogP contribution in [0.25, 0.3) is 0 Å². The van der Waals surface area contributed by atoms with Crippen molar-refractivity contribution >= 4 is 31.9 Å². The summed E-state index contributed by atoms with van der Waals surface area (Å²) in [6.07, 6.45) is 0.769. The van der Waals surface area contributed by atoms with Gasteiger partial charge in [-0.3, -0.25) is 9.59 Å². The number of amides is 1. The summed E-state index contributed by atoms with van der Waals surface area (Å²) in [5.41, 5.74) is 2.61. The molecule has 0 saturated carbocycles. The number of carbonyl (C=O) groups excluding carboxylic acids is 2. The summed E-state index contributed by atoms with van der Waals surface area (Å²) in [7, 11) is -1.99. The van der Waals surface area contributed by atoms with Crippen molar-refractivity contribution in [3.8, 4) is 5.75 Å². The van der Waals surface area contributed by atoms with E-state index in [1.807, 2.05) is 30.3 Å². The predicted molar refractivity (Wildman–Crippen MR) is 140 cm³/mol. The lowest BCUT2D eigenvalue weighted by molar-refractivity contribution is -0.125. The highest BCUT2D eigenvalue weighted by Gasteiger charge is 2.49. The summed E-state index contributed by atoms with van der Waals surface area (Å²) in [5, 5.41) is 3.34. The molecule has 0 bridgehead atoms. The van der Waals surface area contributed by atoms with E-state index < -0.39 is 14.4 Å². The third kappa shape index (κ3) is 4.86. The van der Waals surface area contributed by atoms with Gasteiger partial charge in [-0.2, -0.15) is 0 Å².